The molecule has 2 rings (SSSR count). The number of carbonyl (C=O) groups excluding carboxylic acids is 1. The second kappa shape index (κ2) is 5.56. The number of thioether (sulfide) groups is 1. The molecule has 3 nitrogen and oxygen atoms in total. The van der Waals surface area contributed by atoms with Crippen molar-refractivity contribution in [3.63, 3.8) is 0 Å². The van der Waals surface area contributed by atoms with Gasteiger partial charge in [0.25, 0.3) is 5.91 Å². The van der Waals surface area contributed by atoms with Gasteiger partial charge in [0.2, 0.25) is 0 Å². The standard InChI is InChI=1S/C12H13ClN2OS/c1-2-17-12-14-7-8-15(12)11(16)9-5-3-4-6-10(9)13/h3-6H,2,7-8H2,1H3. The molecule has 0 saturated heterocycles. The summed E-state index contributed by atoms with van der Waals surface area (Å²) in [5, 5.41) is 1.29. The number of halogens is 1. The number of rotatable bonds is 2. The van der Waals surface area contributed by atoms with Crippen LogP contribution in [-0.4, -0.2) is 34.8 Å². The zero-order valence-electron chi connectivity index (χ0n) is 9.52. The maximum Gasteiger partial charge on any atom is 0.261 e. The summed E-state index contributed by atoms with van der Waals surface area (Å²) in [5.41, 5.74) is 0.542. The van der Waals surface area contributed by atoms with Gasteiger partial charge in [-0.25, -0.2) is 0 Å². The summed E-state index contributed by atoms with van der Waals surface area (Å²) in [5.74, 6) is 0.846. The van der Waals surface area contributed by atoms with E-state index in [2.05, 4.69) is 4.99 Å². The molecule has 1 heterocycles. The molecule has 17 heavy (non-hydrogen) atoms. The zero-order valence-corrected chi connectivity index (χ0v) is 11.1. The summed E-state index contributed by atoms with van der Waals surface area (Å²) in [6.45, 7) is 3.37. The number of amides is 1. The lowest BCUT2D eigenvalue weighted by Crippen LogP contribution is -2.33. The van der Waals surface area contributed by atoms with Gasteiger partial charge in [-0.05, 0) is 17.9 Å². The van der Waals surface area contributed by atoms with Crippen LogP contribution in [0, 0.1) is 0 Å². The molecule has 90 valence electrons. The molecule has 1 aliphatic rings. The van der Waals surface area contributed by atoms with Gasteiger partial charge in [0.1, 0.15) is 0 Å². The van der Waals surface area contributed by atoms with Crippen molar-refractivity contribution in [2.24, 2.45) is 4.99 Å². The van der Waals surface area contributed by atoms with E-state index in [1.54, 1.807) is 28.8 Å². The Balaban J connectivity index is 2.21. The van der Waals surface area contributed by atoms with Crippen LogP contribution in [0.25, 0.3) is 0 Å². The molecule has 1 aromatic rings. The number of nitrogens with zero attached hydrogens (tertiary/aromatic N) is 2. The predicted octanol–water partition coefficient (Wildman–Crippen LogP) is 2.90. The SMILES string of the molecule is CCSC1=NCCN1C(=O)c1ccccc1Cl. The van der Waals surface area contributed by atoms with Gasteiger partial charge in [-0.2, -0.15) is 0 Å². The van der Waals surface area contributed by atoms with Crippen molar-refractivity contribution < 1.29 is 4.79 Å². The van der Waals surface area contributed by atoms with E-state index in [0.717, 1.165) is 10.9 Å². The number of aliphatic imine (C=N–C) groups is 1. The van der Waals surface area contributed by atoms with Crippen molar-refractivity contribution in [1.82, 2.24) is 4.90 Å². The molecule has 1 aromatic carbocycles. The predicted molar refractivity (Wildman–Crippen MR) is 72.9 cm³/mol. The van der Waals surface area contributed by atoms with Gasteiger partial charge < -0.3 is 0 Å². The summed E-state index contributed by atoms with van der Waals surface area (Å²) in [6, 6.07) is 7.11. The first-order valence-electron chi connectivity index (χ1n) is 5.47. The van der Waals surface area contributed by atoms with Crippen LogP contribution in [0.15, 0.2) is 29.3 Å². The fourth-order valence-electron chi connectivity index (χ4n) is 1.65. The van der Waals surface area contributed by atoms with Crippen LogP contribution in [0.1, 0.15) is 17.3 Å². The van der Waals surface area contributed by atoms with Crippen molar-refractivity contribution >= 4 is 34.4 Å². The van der Waals surface area contributed by atoms with Gasteiger partial charge in [-0.1, -0.05) is 42.4 Å². The highest BCUT2D eigenvalue weighted by molar-refractivity contribution is 8.13. The summed E-state index contributed by atoms with van der Waals surface area (Å²) < 4.78 is 0. The average molecular weight is 269 g/mol. The maximum atomic E-state index is 12.3. The van der Waals surface area contributed by atoms with E-state index in [0.29, 0.717) is 23.7 Å². The molecule has 1 amide bonds. The lowest BCUT2D eigenvalue weighted by atomic mass is 10.2. The fourth-order valence-corrected chi connectivity index (χ4v) is 2.64. The molecule has 0 unspecified atom stereocenters. The number of amidine groups is 1. The minimum atomic E-state index is -0.0622. The van der Waals surface area contributed by atoms with Crippen LogP contribution in [0.5, 0.6) is 0 Å². The van der Waals surface area contributed by atoms with Crippen molar-refractivity contribution in [3.8, 4) is 0 Å². The van der Waals surface area contributed by atoms with Crippen LogP contribution in [0.3, 0.4) is 0 Å². The molecule has 0 atom stereocenters. The van der Waals surface area contributed by atoms with Crippen LogP contribution in [0.4, 0.5) is 0 Å². The molecule has 0 aliphatic carbocycles. The van der Waals surface area contributed by atoms with Crippen molar-refractivity contribution in [3.05, 3.63) is 34.9 Å². The first kappa shape index (κ1) is 12.5. The lowest BCUT2D eigenvalue weighted by molar-refractivity contribution is 0.0861. The van der Waals surface area contributed by atoms with Crippen LogP contribution < -0.4 is 0 Å². The summed E-state index contributed by atoms with van der Waals surface area (Å²) >= 11 is 7.62. The quantitative estimate of drug-likeness (QED) is 0.826. The molecule has 0 bridgehead atoms. The molecule has 0 saturated carbocycles. The van der Waals surface area contributed by atoms with E-state index >= 15 is 0 Å². The largest absolute Gasteiger partial charge is 0.286 e. The Hall–Kier alpha value is -1.00. The van der Waals surface area contributed by atoms with E-state index in [-0.39, 0.29) is 5.91 Å². The van der Waals surface area contributed by atoms with Gasteiger partial charge in [-0.3, -0.25) is 14.7 Å². The third-order valence-corrected chi connectivity index (χ3v) is 3.65. The highest BCUT2D eigenvalue weighted by atomic mass is 35.5. The average Bonchev–Trinajstić information content (AvgIpc) is 2.78. The fraction of sp³-hybridized carbons (Fsp3) is 0.333. The van der Waals surface area contributed by atoms with Gasteiger partial charge in [-0.15, -0.1) is 0 Å². The second-order valence-electron chi connectivity index (χ2n) is 3.53. The normalized spacial score (nSPS) is 14.9. The topological polar surface area (TPSA) is 32.7 Å². The van der Waals surface area contributed by atoms with Gasteiger partial charge in [0, 0.05) is 6.54 Å². The second-order valence-corrected chi connectivity index (χ2v) is 5.17. The van der Waals surface area contributed by atoms with Crippen molar-refractivity contribution in [2.75, 3.05) is 18.8 Å². The Morgan fingerprint density at radius 2 is 2.29 bits per heavy atom. The van der Waals surface area contributed by atoms with E-state index in [1.165, 1.54) is 0 Å². The first-order chi connectivity index (χ1) is 8.24. The molecular formula is C12H13ClN2OS. The molecule has 0 spiro atoms. The zero-order chi connectivity index (χ0) is 12.3. The minimum Gasteiger partial charge on any atom is -0.286 e. The lowest BCUT2D eigenvalue weighted by Gasteiger charge is -2.17. The van der Waals surface area contributed by atoms with Crippen LogP contribution in [0.2, 0.25) is 5.02 Å². The molecule has 0 fully saturated rings. The number of benzene rings is 1. The van der Waals surface area contributed by atoms with Crippen LogP contribution >= 0.6 is 23.4 Å². The van der Waals surface area contributed by atoms with Gasteiger partial charge in [0.15, 0.2) is 5.17 Å². The van der Waals surface area contributed by atoms with E-state index in [4.69, 9.17) is 11.6 Å². The number of hydrogen-bond donors (Lipinski definition) is 0. The Morgan fingerprint density at radius 3 is 3.00 bits per heavy atom. The Morgan fingerprint density at radius 1 is 1.53 bits per heavy atom. The molecule has 5 heteroatoms. The molecule has 1 aliphatic heterocycles. The van der Waals surface area contributed by atoms with Crippen LogP contribution in [-0.2, 0) is 0 Å². The van der Waals surface area contributed by atoms with Gasteiger partial charge in [0.05, 0.1) is 17.1 Å². The summed E-state index contributed by atoms with van der Waals surface area (Å²) in [6.07, 6.45) is 0. The maximum absolute atomic E-state index is 12.3. The smallest absolute Gasteiger partial charge is 0.261 e. The Kier molecular flexibility index (Phi) is 4.07. The summed E-state index contributed by atoms with van der Waals surface area (Å²) in [4.78, 5) is 18.3. The summed E-state index contributed by atoms with van der Waals surface area (Å²) in [7, 11) is 0. The molecule has 0 aromatic heterocycles. The van der Waals surface area contributed by atoms with Crippen molar-refractivity contribution in [1.29, 1.82) is 0 Å². The number of carbonyl (C=O) groups is 1. The molecule has 0 radical (unpaired) electrons. The highest BCUT2D eigenvalue weighted by Gasteiger charge is 2.25. The van der Waals surface area contributed by atoms with E-state index in [1.807, 2.05) is 19.1 Å². The van der Waals surface area contributed by atoms with Crippen molar-refractivity contribution in [2.45, 2.75) is 6.92 Å². The van der Waals surface area contributed by atoms with Gasteiger partial charge >= 0.3 is 0 Å². The minimum absolute atomic E-state index is 0.0622. The highest BCUT2D eigenvalue weighted by Crippen LogP contribution is 2.21. The molecular weight excluding hydrogens is 256 g/mol. The molecule has 0 N–H and O–H groups in total. The van der Waals surface area contributed by atoms with E-state index < -0.39 is 0 Å². The van der Waals surface area contributed by atoms with E-state index in [9.17, 15) is 4.79 Å². The third kappa shape index (κ3) is 2.64. The third-order valence-electron chi connectivity index (χ3n) is 2.42. The monoisotopic (exact) mass is 268 g/mol. The Labute approximate surface area is 110 Å². The Bertz CT molecular complexity index is 462. The number of hydrogen-bond acceptors (Lipinski definition) is 3. The first-order valence-corrected chi connectivity index (χ1v) is 6.84.